The molecule has 2 rings (SSSR count). The fourth-order valence-corrected chi connectivity index (χ4v) is 2.74. The second-order valence-electron chi connectivity index (χ2n) is 5.42. The zero-order valence-corrected chi connectivity index (χ0v) is 15.5. The van der Waals surface area contributed by atoms with E-state index in [1.54, 1.807) is 31.2 Å². The van der Waals surface area contributed by atoms with Crippen molar-refractivity contribution in [2.24, 2.45) is 0 Å². The van der Waals surface area contributed by atoms with Gasteiger partial charge in [-0.1, -0.05) is 35.9 Å². The Balaban J connectivity index is 2.00. The van der Waals surface area contributed by atoms with Gasteiger partial charge in [-0.25, -0.2) is 4.79 Å². The van der Waals surface area contributed by atoms with Crippen LogP contribution in [0.1, 0.15) is 28.9 Å². The van der Waals surface area contributed by atoms with Crippen molar-refractivity contribution < 1.29 is 23.8 Å². The molecule has 6 nitrogen and oxygen atoms in total. The number of hydrogen-bond acceptors (Lipinski definition) is 5. The number of methoxy groups -OCH3 is 2. The molecule has 1 amide bonds. The highest BCUT2D eigenvalue weighted by Crippen LogP contribution is 2.29. The minimum Gasteiger partial charge on any atom is -0.496 e. The lowest BCUT2D eigenvalue weighted by Crippen LogP contribution is -2.31. The molecule has 0 aliphatic carbocycles. The fourth-order valence-electron chi connectivity index (χ4n) is 2.44. The lowest BCUT2D eigenvalue weighted by Gasteiger charge is -2.16. The number of hydrogen-bond donors (Lipinski definition) is 1. The lowest BCUT2D eigenvalue weighted by molar-refractivity contribution is -0.124. The maximum absolute atomic E-state index is 12.3. The summed E-state index contributed by atoms with van der Waals surface area (Å²) < 4.78 is 15.4. The number of carbonyl (C=O) groups is 2. The van der Waals surface area contributed by atoms with Gasteiger partial charge in [0.25, 0.3) is 5.91 Å². The van der Waals surface area contributed by atoms with E-state index in [-0.39, 0.29) is 11.6 Å². The van der Waals surface area contributed by atoms with E-state index in [1.807, 2.05) is 18.2 Å². The molecule has 0 bridgehead atoms. The number of carbonyl (C=O) groups excluding carboxylic acids is 2. The van der Waals surface area contributed by atoms with Gasteiger partial charge in [-0.05, 0) is 30.7 Å². The van der Waals surface area contributed by atoms with Crippen molar-refractivity contribution in [3.05, 3.63) is 58.6 Å². The maximum atomic E-state index is 12.3. The summed E-state index contributed by atoms with van der Waals surface area (Å²) in [7, 11) is 2.87. The van der Waals surface area contributed by atoms with Crippen LogP contribution in [0.15, 0.2) is 42.5 Å². The predicted molar refractivity (Wildman–Crippen MR) is 97.8 cm³/mol. The number of nitrogens with one attached hydrogen (secondary N) is 1. The van der Waals surface area contributed by atoms with E-state index in [1.165, 1.54) is 14.2 Å². The quantitative estimate of drug-likeness (QED) is 0.748. The summed E-state index contributed by atoms with van der Waals surface area (Å²) in [6.07, 6.45) is 0. The zero-order valence-electron chi connectivity index (χ0n) is 14.7. The van der Waals surface area contributed by atoms with Gasteiger partial charge in [-0.15, -0.1) is 0 Å². The first-order chi connectivity index (χ1) is 12.5. The van der Waals surface area contributed by atoms with Crippen molar-refractivity contribution in [3.8, 4) is 11.5 Å². The molecular formula is C19H20ClNO5. The Morgan fingerprint density at radius 2 is 1.65 bits per heavy atom. The Hall–Kier alpha value is -2.73. The van der Waals surface area contributed by atoms with Gasteiger partial charge in [0.1, 0.15) is 17.1 Å². The van der Waals surface area contributed by atoms with Crippen molar-refractivity contribution in [2.45, 2.75) is 13.0 Å². The average molecular weight is 378 g/mol. The summed E-state index contributed by atoms with van der Waals surface area (Å²) in [5, 5.41) is 3.29. The van der Waals surface area contributed by atoms with Gasteiger partial charge >= 0.3 is 5.97 Å². The van der Waals surface area contributed by atoms with E-state index in [9.17, 15) is 9.59 Å². The van der Waals surface area contributed by atoms with E-state index in [0.717, 1.165) is 5.56 Å². The number of halogens is 1. The van der Waals surface area contributed by atoms with Crippen LogP contribution >= 0.6 is 11.6 Å². The molecule has 7 heteroatoms. The summed E-state index contributed by atoms with van der Waals surface area (Å²) in [6.45, 7) is 1.36. The van der Waals surface area contributed by atoms with Crippen LogP contribution in [0.3, 0.4) is 0 Å². The third-order valence-corrected chi connectivity index (χ3v) is 4.06. The summed E-state index contributed by atoms with van der Waals surface area (Å²) in [4.78, 5) is 24.4. The molecule has 2 aromatic carbocycles. The van der Waals surface area contributed by atoms with Crippen molar-refractivity contribution in [1.82, 2.24) is 5.32 Å². The molecule has 0 radical (unpaired) electrons. The Bertz CT molecular complexity index is 771. The molecule has 0 heterocycles. The first-order valence-corrected chi connectivity index (χ1v) is 8.27. The van der Waals surface area contributed by atoms with E-state index < -0.39 is 18.5 Å². The van der Waals surface area contributed by atoms with Crippen LogP contribution in [0.2, 0.25) is 5.02 Å². The monoisotopic (exact) mass is 377 g/mol. The third kappa shape index (κ3) is 4.67. The second-order valence-corrected chi connectivity index (χ2v) is 5.83. The number of benzene rings is 2. The third-order valence-electron chi connectivity index (χ3n) is 3.72. The van der Waals surface area contributed by atoms with Crippen LogP contribution in [0.5, 0.6) is 11.5 Å². The first kappa shape index (κ1) is 19.6. The average Bonchev–Trinajstić information content (AvgIpc) is 2.65. The van der Waals surface area contributed by atoms with Crippen molar-refractivity contribution in [2.75, 3.05) is 20.8 Å². The minimum absolute atomic E-state index is 0.129. The Labute approximate surface area is 157 Å². The summed E-state index contributed by atoms with van der Waals surface area (Å²) in [6, 6.07) is 11.8. The Morgan fingerprint density at radius 3 is 2.23 bits per heavy atom. The van der Waals surface area contributed by atoms with Crippen LogP contribution < -0.4 is 14.8 Å². The Morgan fingerprint density at radius 1 is 1.04 bits per heavy atom. The van der Waals surface area contributed by atoms with Crippen LogP contribution in [0.25, 0.3) is 0 Å². The number of amides is 1. The van der Waals surface area contributed by atoms with E-state index in [0.29, 0.717) is 16.5 Å². The van der Waals surface area contributed by atoms with Gasteiger partial charge < -0.3 is 19.5 Å². The van der Waals surface area contributed by atoms with Gasteiger partial charge in [0.2, 0.25) is 0 Å². The molecule has 0 aliphatic rings. The largest absolute Gasteiger partial charge is 0.496 e. The summed E-state index contributed by atoms with van der Waals surface area (Å²) in [5.41, 5.74) is 0.907. The maximum Gasteiger partial charge on any atom is 0.346 e. The number of ether oxygens (including phenoxy) is 3. The Kier molecular flexibility index (Phi) is 6.86. The van der Waals surface area contributed by atoms with Crippen molar-refractivity contribution in [3.63, 3.8) is 0 Å². The van der Waals surface area contributed by atoms with Gasteiger partial charge in [-0.3, -0.25) is 4.79 Å². The van der Waals surface area contributed by atoms with Crippen LogP contribution in [0, 0.1) is 0 Å². The van der Waals surface area contributed by atoms with Crippen molar-refractivity contribution in [1.29, 1.82) is 0 Å². The smallest absolute Gasteiger partial charge is 0.346 e. The highest BCUT2D eigenvalue weighted by molar-refractivity contribution is 6.31. The summed E-state index contributed by atoms with van der Waals surface area (Å²) in [5.74, 6) is -0.544. The highest BCUT2D eigenvalue weighted by Gasteiger charge is 2.21. The number of rotatable bonds is 7. The minimum atomic E-state index is -0.708. The lowest BCUT2D eigenvalue weighted by atomic mass is 10.1. The molecule has 0 fully saturated rings. The molecule has 0 aliphatic heterocycles. The summed E-state index contributed by atoms with van der Waals surface area (Å²) >= 11 is 6.11. The molecule has 0 saturated heterocycles. The topological polar surface area (TPSA) is 73.9 Å². The molecule has 138 valence electrons. The molecule has 1 atom stereocenters. The zero-order chi connectivity index (χ0) is 19.1. The van der Waals surface area contributed by atoms with Gasteiger partial charge in [0, 0.05) is 5.02 Å². The van der Waals surface area contributed by atoms with E-state index >= 15 is 0 Å². The first-order valence-electron chi connectivity index (χ1n) is 7.89. The van der Waals surface area contributed by atoms with Crippen molar-refractivity contribution >= 4 is 23.5 Å². The predicted octanol–water partition coefficient (Wildman–Crippen LogP) is 3.39. The van der Waals surface area contributed by atoms with Crippen LogP contribution in [0.4, 0.5) is 0 Å². The molecule has 0 spiro atoms. The molecule has 2 aromatic rings. The standard InChI is InChI=1S/C19H20ClNO5/c1-12(13-7-4-5-8-14(13)20)21-17(22)11-26-19(23)18-15(24-2)9-6-10-16(18)25-3/h4-10,12H,11H2,1-3H3,(H,21,22)/t12-/m0/s1. The second kappa shape index (κ2) is 9.10. The van der Waals surface area contributed by atoms with E-state index in [2.05, 4.69) is 5.32 Å². The number of esters is 1. The van der Waals surface area contributed by atoms with Gasteiger partial charge in [0.15, 0.2) is 6.61 Å². The molecule has 1 N–H and O–H groups in total. The van der Waals surface area contributed by atoms with E-state index in [4.69, 9.17) is 25.8 Å². The molecule has 0 saturated carbocycles. The molecule has 26 heavy (non-hydrogen) atoms. The van der Waals surface area contributed by atoms with Gasteiger partial charge in [-0.2, -0.15) is 0 Å². The fraction of sp³-hybridized carbons (Fsp3) is 0.263. The van der Waals surface area contributed by atoms with Crippen LogP contribution in [-0.4, -0.2) is 32.7 Å². The van der Waals surface area contributed by atoms with Crippen LogP contribution in [-0.2, 0) is 9.53 Å². The molecule has 0 unspecified atom stereocenters. The van der Waals surface area contributed by atoms with Gasteiger partial charge in [0.05, 0.1) is 20.3 Å². The normalized spacial score (nSPS) is 11.4. The SMILES string of the molecule is COc1cccc(OC)c1C(=O)OCC(=O)N[C@@H](C)c1ccccc1Cl. The molecule has 0 aromatic heterocycles. The highest BCUT2D eigenvalue weighted by atomic mass is 35.5. The molecular weight excluding hydrogens is 358 g/mol.